The number of carbonyl (C=O) groups excluding carboxylic acids is 1. The Bertz CT molecular complexity index is 331. The Kier molecular flexibility index (Phi) is 5.58. The van der Waals surface area contributed by atoms with Crippen LogP contribution in [0.2, 0.25) is 0 Å². The Hall–Kier alpha value is -0.900. The summed E-state index contributed by atoms with van der Waals surface area (Å²) in [6.45, 7) is 0. The number of aliphatic carboxylic acids is 1. The zero-order valence-corrected chi connectivity index (χ0v) is 12.3. The van der Waals surface area contributed by atoms with Crippen molar-refractivity contribution in [1.29, 1.82) is 0 Å². The molecule has 0 radical (unpaired) electrons. The third-order valence-electron chi connectivity index (χ3n) is 5.05. The average molecular weight is 281 g/mol. The van der Waals surface area contributed by atoms with Gasteiger partial charge in [-0.1, -0.05) is 51.4 Å². The van der Waals surface area contributed by atoms with E-state index in [0.29, 0.717) is 18.8 Å². The monoisotopic (exact) mass is 281 g/mol. The zero-order chi connectivity index (χ0) is 14.4. The van der Waals surface area contributed by atoms with Crippen molar-refractivity contribution in [1.82, 2.24) is 5.32 Å². The molecule has 114 valence electrons. The Morgan fingerprint density at radius 3 is 2.30 bits per heavy atom. The van der Waals surface area contributed by atoms with E-state index in [-0.39, 0.29) is 6.04 Å². The van der Waals surface area contributed by atoms with Crippen molar-refractivity contribution >= 4 is 12.3 Å². The summed E-state index contributed by atoms with van der Waals surface area (Å²) in [5.74, 6) is -0.200. The van der Waals surface area contributed by atoms with Crippen molar-refractivity contribution in [3.63, 3.8) is 0 Å². The van der Waals surface area contributed by atoms with Gasteiger partial charge in [-0.15, -0.1) is 0 Å². The third-order valence-corrected chi connectivity index (χ3v) is 5.05. The summed E-state index contributed by atoms with van der Waals surface area (Å²) in [5.41, 5.74) is -0.863. The van der Waals surface area contributed by atoms with Gasteiger partial charge in [0, 0.05) is 0 Å². The third kappa shape index (κ3) is 3.81. The summed E-state index contributed by atoms with van der Waals surface area (Å²) in [4.78, 5) is 23.0. The minimum atomic E-state index is -0.863. The van der Waals surface area contributed by atoms with Crippen LogP contribution in [0.1, 0.15) is 70.6 Å². The van der Waals surface area contributed by atoms with E-state index in [0.717, 1.165) is 32.0 Å². The molecule has 0 aromatic rings. The second-order valence-corrected chi connectivity index (χ2v) is 6.57. The summed E-state index contributed by atoms with van der Waals surface area (Å²) < 4.78 is 0. The smallest absolute Gasteiger partial charge is 0.323 e. The van der Waals surface area contributed by atoms with E-state index < -0.39 is 11.5 Å². The molecule has 2 aliphatic rings. The Labute approximate surface area is 121 Å². The van der Waals surface area contributed by atoms with Crippen molar-refractivity contribution < 1.29 is 14.7 Å². The predicted octanol–water partition coefficient (Wildman–Crippen LogP) is 2.90. The minimum Gasteiger partial charge on any atom is -0.480 e. The highest BCUT2D eigenvalue weighted by atomic mass is 16.4. The van der Waals surface area contributed by atoms with E-state index in [1.807, 2.05) is 0 Å². The number of hydrogen-bond donors (Lipinski definition) is 2. The van der Waals surface area contributed by atoms with Crippen molar-refractivity contribution in [2.45, 2.75) is 82.2 Å². The zero-order valence-electron chi connectivity index (χ0n) is 12.3. The molecule has 4 nitrogen and oxygen atoms in total. The van der Waals surface area contributed by atoms with E-state index in [4.69, 9.17) is 0 Å². The molecule has 0 saturated heterocycles. The van der Waals surface area contributed by atoms with Gasteiger partial charge in [0.2, 0.25) is 0 Å². The van der Waals surface area contributed by atoms with Crippen LogP contribution in [0.15, 0.2) is 0 Å². The fourth-order valence-electron chi connectivity index (χ4n) is 3.86. The molecule has 2 aliphatic carbocycles. The highest BCUT2D eigenvalue weighted by molar-refractivity contribution is 5.79. The molecular weight excluding hydrogens is 254 g/mol. The van der Waals surface area contributed by atoms with Crippen LogP contribution in [0.4, 0.5) is 0 Å². The van der Waals surface area contributed by atoms with Crippen LogP contribution in [0.3, 0.4) is 0 Å². The van der Waals surface area contributed by atoms with Crippen LogP contribution in [0.25, 0.3) is 0 Å². The number of rotatable bonds is 6. The average Bonchev–Trinajstić information content (AvgIpc) is 2.48. The van der Waals surface area contributed by atoms with E-state index in [1.54, 1.807) is 0 Å². The first-order valence-electron chi connectivity index (χ1n) is 8.13. The van der Waals surface area contributed by atoms with Crippen molar-refractivity contribution in [2.75, 3.05) is 0 Å². The number of nitrogens with one attached hydrogen (secondary N) is 1. The molecule has 4 heteroatoms. The molecule has 0 heterocycles. The summed E-state index contributed by atoms with van der Waals surface area (Å²) in [5, 5.41) is 12.8. The molecule has 1 atom stereocenters. The molecule has 0 aliphatic heterocycles. The number of aldehydes is 1. The van der Waals surface area contributed by atoms with E-state index in [9.17, 15) is 14.7 Å². The second-order valence-electron chi connectivity index (χ2n) is 6.57. The predicted molar refractivity (Wildman–Crippen MR) is 77.6 cm³/mol. The van der Waals surface area contributed by atoms with Crippen LogP contribution >= 0.6 is 0 Å². The lowest BCUT2D eigenvalue weighted by atomic mass is 9.79. The lowest BCUT2D eigenvalue weighted by Gasteiger charge is -2.37. The lowest BCUT2D eigenvalue weighted by Crippen LogP contribution is -2.57. The summed E-state index contributed by atoms with van der Waals surface area (Å²) in [6.07, 6.45) is 12.2. The van der Waals surface area contributed by atoms with Gasteiger partial charge >= 0.3 is 5.97 Å². The Morgan fingerprint density at radius 1 is 1.15 bits per heavy atom. The highest BCUT2D eigenvalue weighted by Gasteiger charge is 2.41. The molecule has 20 heavy (non-hydrogen) atoms. The molecular formula is C16H27NO3. The molecule has 0 aromatic heterocycles. The molecule has 0 aromatic carbocycles. The maximum atomic E-state index is 11.6. The lowest BCUT2D eigenvalue weighted by molar-refractivity contribution is -0.147. The first-order chi connectivity index (χ1) is 9.66. The van der Waals surface area contributed by atoms with E-state index in [2.05, 4.69) is 5.32 Å². The molecule has 1 unspecified atom stereocenters. The molecule has 0 amide bonds. The molecule has 0 spiro atoms. The van der Waals surface area contributed by atoms with Crippen LogP contribution in [-0.4, -0.2) is 28.9 Å². The fourth-order valence-corrected chi connectivity index (χ4v) is 3.86. The maximum absolute atomic E-state index is 11.6. The van der Waals surface area contributed by atoms with E-state index >= 15 is 0 Å². The summed E-state index contributed by atoms with van der Waals surface area (Å²) in [6, 6.07) is -0.299. The number of carbonyl (C=O) groups is 2. The largest absolute Gasteiger partial charge is 0.480 e. The van der Waals surface area contributed by atoms with Crippen molar-refractivity contribution in [2.24, 2.45) is 5.92 Å². The van der Waals surface area contributed by atoms with Crippen LogP contribution in [0.5, 0.6) is 0 Å². The Balaban J connectivity index is 1.95. The van der Waals surface area contributed by atoms with Gasteiger partial charge in [-0.25, -0.2) is 0 Å². The minimum absolute atomic E-state index is 0.299. The molecule has 2 N–H and O–H groups in total. The SMILES string of the molecule is O=CC(CC1CCCCC1)NC1(C(=O)O)CCCCC1. The fraction of sp³-hybridized carbons (Fsp3) is 0.875. The first-order valence-corrected chi connectivity index (χ1v) is 8.13. The van der Waals surface area contributed by atoms with Crippen LogP contribution in [0, 0.1) is 5.92 Å². The second kappa shape index (κ2) is 7.21. The number of carboxylic acid groups (broad SMARTS) is 1. The first kappa shape index (κ1) is 15.5. The molecule has 0 bridgehead atoms. The standard InChI is InChI=1S/C16H27NO3/c18-12-14(11-13-7-3-1-4-8-13)17-16(15(19)20)9-5-2-6-10-16/h12-14,17H,1-11H2,(H,19,20). The normalized spacial score (nSPS) is 25.0. The van der Waals surface area contributed by atoms with Crippen molar-refractivity contribution in [3.8, 4) is 0 Å². The van der Waals surface area contributed by atoms with Gasteiger partial charge in [0.25, 0.3) is 0 Å². The van der Waals surface area contributed by atoms with Gasteiger partial charge in [-0.05, 0) is 25.2 Å². The van der Waals surface area contributed by atoms with Crippen molar-refractivity contribution in [3.05, 3.63) is 0 Å². The molecule has 2 saturated carbocycles. The van der Waals surface area contributed by atoms with Crippen LogP contribution < -0.4 is 5.32 Å². The quantitative estimate of drug-likeness (QED) is 0.735. The van der Waals surface area contributed by atoms with E-state index in [1.165, 1.54) is 32.1 Å². The highest BCUT2D eigenvalue weighted by Crippen LogP contribution is 2.31. The number of hydrogen-bond acceptors (Lipinski definition) is 3. The Morgan fingerprint density at radius 2 is 1.75 bits per heavy atom. The van der Waals surface area contributed by atoms with Gasteiger partial charge < -0.3 is 9.90 Å². The maximum Gasteiger partial charge on any atom is 0.323 e. The van der Waals surface area contributed by atoms with Gasteiger partial charge in [-0.3, -0.25) is 10.1 Å². The number of carboxylic acids is 1. The summed E-state index contributed by atoms with van der Waals surface area (Å²) in [7, 11) is 0. The van der Waals surface area contributed by atoms with Gasteiger partial charge in [0.05, 0.1) is 6.04 Å². The topological polar surface area (TPSA) is 66.4 Å². The van der Waals surface area contributed by atoms with Gasteiger partial charge in [0.15, 0.2) is 0 Å². The van der Waals surface area contributed by atoms with Gasteiger partial charge in [-0.2, -0.15) is 0 Å². The summed E-state index contributed by atoms with van der Waals surface area (Å²) >= 11 is 0. The molecule has 2 fully saturated rings. The molecule has 2 rings (SSSR count). The van der Waals surface area contributed by atoms with Gasteiger partial charge in [0.1, 0.15) is 11.8 Å². The van der Waals surface area contributed by atoms with Crippen LogP contribution in [-0.2, 0) is 9.59 Å².